The van der Waals surface area contributed by atoms with Crippen LogP contribution in [0.1, 0.15) is 18.1 Å². The van der Waals surface area contributed by atoms with E-state index < -0.39 is 0 Å². The summed E-state index contributed by atoms with van der Waals surface area (Å²) in [6.45, 7) is 3.67. The van der Waals surface area contributed by atoms with E-state index in [-0.39, 0.29) is 0 Å². The van der Waals surface area contributed by atoms with E-state index in [2.05, 4.69) is 42.4 Å². The molecule has 1 heteroatoms. The highest BCUT2D eigenvalue weighted by atomic mass is 14.8. The van der Waals surface area contributed by atoms with Gasteiger partial charge < -0.3 is 5.32 Å². The van der Waals surface area contributed by atoms with Crippen LogP contribution in [0.25, 0.3) is 0 Å². The third-order valence-corrected chi connectivity index (χ3v) is 2.04. The van der Waals surface area contributed by atoms with Crippen molar-refractivity contribution in [2.45, 2.75) is 19.9 Å². The normalized spacial score (nSPS) is 9.54. The van der Waals surface area contributed by atoms with Crippen LogP contribution in [0.2, 0.25) is 0 Å². The second-order valence-corrected chi connectivity index (χ2v) is 2.93. The number of aryl methyl sites for hydroxylation is 1. The highest BCUT2D eigenvalue weighted by Gasteiger charge is 1.97. The Bertz CT molecular complexity index is 296. The van der Waals surface area contributed by atoms with Crippen LogP contribution in [0.5, 0.6) is 0 Å². The molecule has 0 amide bonds. The van der Waals surface area contributed by atoms with Crippen molar-refractivity contribution in [3.8, 4) is 12.3 Å². The van der Waals surface area contributed by atoms with E-state index in [1.165, 1.54) is 11.1 Å². The minimum atomic E-state index is 0.637. The van der Waals surface area contributed by atoms with Crippen molar-refractivity contribution in [3.05, 3.63) is 35.4 Å². The van der Waals surface area contributed by atoms with Gasteiger partial charge >= 0.3 is 0 Å². The molecular weight excluding hydrogens is 158 g/mol. The maximum absolute atomic E-state index is 5.15. The zero-order valence-electron chi connectivity index (χ0n) is 8.01. The molecule has 1 nitrogen and oxygen atoms in total. The molecule has 0 aliphatic rings. The molecule has 68 valence electrons. The molecule has 1 aromatic carbocycles. The molecule has 0 heterocycles. The molecule has 0 aliphatic carbocycles. The van der Waals surface area contributed by atoms with Crippen molar-refractivity contribution >= 4 is 0 Å². The number of rotatable bonds is 4. The summed E-state index contributed by atoms with van der Waals surface area (Å²) >= 11 is 0. The van der Waals surface area contributed by atoms with E-state index in [4.69, 9.17) is 6.42 Å². The van der Waals surface area contributed by atoms with E-state index in [0.717, 1.165) is 13.0 Å². The van der Waals surface area contributed by atoms with Crippen LogP contribution in [0.4, 0.5) is 0 Å². The molecule has 1 N–H and O–H groups in total. The molecule has 0 fully saturated rings. The van der Waals surface area contributed by atoms with Gasteiger partial charge in [0, 0.05) is 6.54 Å². The van der Waals surface area contributed by atoms with Crippen molar-refractivity contribution in [2.24, 2.45) is 0 Å². The summed E-state index contributed by atoms with van der Waals surface area (Å²) in [5, 5.41) is 3.19. The number of nitrogens with one attached hydrogen (secondary N) is 1. The average Bonchev–Trinajstić information content (AvgIpc) is 2.19. The van der Waals surface area contributed by atoms with Crippen LogP contribution in [0.3, 0.4) is 0 Å². The van der Waals surface area contributed by atoms with Crippen LogP contribution < -0.4 is 5.32 Å². The Morgan fingerprint density at radius 3 is 2.62 bits per heavy atom. The Labute approximate surface area is 80.2 Å². The molecule has 0 radical (unpaired) electrons. The lowest BCUT2D eigenvalue weighted by Crippen LogP contribution is -2.14. The second kappa shape index (κ2) is 5.40. The highest BCUT2D eigenvalue weighted by Crippen LogP contribution is 2.08. The zero-order chi connectivity index (χ0) is 9.52. The van der Waals surface area contributed by atoms with Gasteiger partial charge in [-0.3, -0.25) is 0 Å². The average molecular weight is 173 g/mol. The monoisotopic (exact) mass is 173 g/mol. The predicted molar refractivity (Wildman–Crippen MR) is 56.4 cm³/mol. The van der Waals surface area contributed by atoms with Crippen molar-refractivity contribution in [3.63, 3.8) is 0 Å². The fourth-order valence-corrected chi connectivity index (χ4v) is 1.34. The van der Waals surface area contributed by atoms with Gasteiger partial charge in [-0.15, -0.1) is 6.42 Å². The summed E-state index contributed by atoms with van der Waals surface area (Å²) in [7, 11) is 0. The second-order valence-electron chi connectivity index (χ2n) is 2.93. The fourth-order valence-electron chi connectivity index (χ4n) is 1.34. The van der Waals surface area contributed by atoms with Crippen molar-refractivity contribution < 1.29 is 0 Å². The molecule has 0 saturated heterocycles. The van der Waals surface area contributed by atoms with E-state index in [1.54, 1.807) is 0 Å². The topological polar surface area (TPSA) is 12.0 Å². The lowest BCUT2D eigenvalue weighted by molar-refractivity contribution is 0.762. The van der Waals surface area contributed by atoms with Crippen LogP contribution in [-0.4, -0.2) is 6.54 Å². The summed E-state index contributed by atoms with van der Waals surface area (Å²) in [5.74, 6) is 2.56. The summed E-state index contributed by atoms with van der Waals surface area (Å²) in [5.41, 5.74) is 2.74. The maximum atomic E-state index is 5.15. The molecule has 0 saturated carbocycles. The van der Waals surface area contributed by atoms with Crippen LogP contribution in [0, 0.1) is 12.3 Å². The number of hydrogen-bond acceptors (Lipinski definition) is 1. The number of hydrogen-bond donors (Lipinski definition) is 1. The Kier molecular flexibility index (Phi) is 4.08. The van der Waals surface area contributed by atoms with Gasteiger partial charge in [-0.05, 0) is 17.5 Å². The Balaban J connectivity index is 2.60. The summed E-state index contributed by atoms with van der Waals surface area (Å²) in [6.07, 6.45) is 6.23. The van der Waals surface area contributed by atoms with Gasteiger partial charge in [0.05, 0.1) is 6.54 Å². The highest BCUT2D eigenvalue weighted by molar-refractivity contribution is 5.26. The van der Waals surface area contributed by atoms with Gasteiger partial charge in [0.25, 0.3) is 0 Å². The molecule has 0 aliphatic heterocycles. The number of terminal acetylenes is 1. The minimum Gasteiger partial charge on any atom is -0.302 e. The molecule has 0 unspecified atom stereocenters. The largest absolute Gasteiger partial charge is 0.302 e. The Morgan fingerprint density at radius 1 is 1.31 bits per heavy atom. The van der Waals surface area contributed by atoms with Gasteiger partial charge in [0.15, 0.2) is 0 Å². The molecule has 0 bridgehead atoms. The molecule has 1 rings (SSSR count). The van der Waals surface area contributed by atoms with Crippen molar-refractivity contribution in [2.75, 3.05) is 6.54 Å². The molecular formula is C12H15N. The smallest absolute Gasteiger partial charge is 0.0576 e. The minimum absolute atomic E-state index is 0.637. The van der Waals surface area contributed by atoms with Gasteiger partial charge in [-0.2, -0.15) is 0 Å². The van der Waals surface area contributed by atoms with Crippen LogP contribution >= 0.6 is 0 Å². The van der Waals surface area contributed by atoms with E-state index in [0.29, 0.717) is 6.54 Å². The lowest BCUT2D eigenvalue weighted by Gasteiger charge is -2.06. The first-order chi connectivity index (χ1) is 6.38. The maximum Gasteiger partial charge on any atom is 0.0576 e. The third-order valence-electron chi connectivity index (χ3n) is 2.04. The molecule has 1 aromatic rings. The summed E-state index contributed by atoms with van der Waals surface area (Å²) in [6, 6.07) is 8.44. The lowest BCUT2D eigenvalue weighted by atomic mass is 10.1. The first-order valence-corrected chi connectivity index (χ1v) is 4.59. The van der Waals surface area contributed by atoms with Gasteiger partial charge in [0.1, 0.15) is 0 Å². The SMILES string of the molecule is C#CCNCc1ccccc1CC. The van der Waals surface area contributed by atoms with E-state index in [9.17, 15) is 0 Å². The molecule has 0 atom stereocenters. The Hall–Kier alpha value is -1.26. The van der Waals surface area contributed by atoms with Crippen LogP contribution in [0.15, 0.2) is 24.3 Å². The first-order valence-electron chi connectivity index (χ1n) is 4.59. The molecule has 0 spiro atoms. The van der Waals surface area contributed by atoms with Crippen LogP contribution in [-0.2, 0) is 13.0 Å². The predicted octanol–water partition coefficient (Wildman–Crippen LogP) is 1.97. The summed E-state index contributed by atoms with van der Waals surface area (Å²) < 4.78 is 0. The fraction of sp³-hybridized carbons (Fsp3) is 0.333. The zero-order valence-corrected chi connectivity index (χ0v) is 8.01. The van der Waals surface area contributed by atoms with Gasteiger partial charge in [-0.25, -0.2) is 0 Å². The standard InChI is InChI=1S/C12H15N/c1-3-9-13-10-12-8-6-5-7-11(12)4-2/h1,5-8,13H,4,9-10H2,2H3. The quantitative estimate of drug-likeness (QED) is 0.542. The third kappa shape index (κ3) is 2.93. The number of benzene rings is 1. The van der Waals surface area contributed by atoms with Gasteiger partial charge in [-0.1, -0.05) is 37.1 Å². The van der Waals surface area contributed by atoms with E-state index in [1.807, 2.05) is 0 Å². The Morgan fingerprint density at radius 2 is 2.00 bits per heavy atom. The molecule has 13 heavy (non-hydrogen) atoms. The molecule has 0 aromatic heterocycles. The first kappa shape index (κ1) is 9.83. The van der Waals surface area contributed by atoms with Crippen molar-refractivity contribution in [1.29, 1.82) is 0 Å². The van der Waals surface area contributed by atoms with Crippen molar-refractivity contribution in [1.82, 2.24) is 5.32 Å². The van der Waals surface area contributed by atoms with Gasteiger partial charge in [0.2, 0.25) is 0 Å². The summed E-state index contributed by atoms with van der Waals surface area (Å²) in [4.78, 5) is 0. The van der Waals surface area contributed by atoms with E-state index >= 15 is 0 Å².